The van der Waals surface area contributed by atoms with Crippen molar-refractivity contribution >= 4 is 29.6 Å². The highest BCUT2D eigenvalue weighted by Gasteiger charge is 2.22. The topological polar surface area (TPSA) is 76.0 Å². The second-order valence-electron chi connectivity index (χ2n) is 3.88. The number of ketones is 1. The Balaban J connectivity index is 1.97. The largest absolute Gasteiger partial charge is 0.477 e. The number of ether oxygens (including phenoxy) is 1. The molecule has 98 valence electrons. The SMILES string of the molecule is O=C(O)C1=CC(=O)C(OCc2cccc(Cl)c2)C=N1. The van der Waals surface area contributed by atoms with Crippen molar-refractivity contribution in [1.82, 2.24) is 0 Å². The van der Waals surface area contributed by atoms with E-state index in [1.54, 1.807) is 18.2 Å². The number of rotatable bonds is 4. The zero-order valence-electron chi connectivity index (χ0n) is 9.75. The van der Waals surface area contributed by atoms with Crippen LogP contribution < -0.4 is 0 Å². The summed E-state index contributed by atoms with van der Waals surface area (Å²) < 4.78 is 5.37. The number of hydrogen-bond donors (Lipinski definition) is 1. The summed E-state index contributed by atoms with van der Waals surface area (Å²) in [6, 6.07) is 7.06. The first-order chi connectivity index (χ1) is 9.06. The summed E-state index contributed by atoms with van der Waals surface area (Å²) in [5.41, 5.74) is 0.536. The monoisotopic (exact) mass is 279 g/mol. The minimum atomic E-state index is -1.24. The molecule has 1 N–H and O–H groups in total. The van der Waals surface area contributed by atoms with E-state index in [1.165, 1.54) is 6.21 Å². The molecule has 5 nitrogen and oxygen atoms in total. The molecule has 2 rings (SSSR count). The van der Waals surface area contributed by atoms with Gasteiger partial charge in [-0.15, -0.1) is 0 Å². The fraction of sp³-hybridized carbons (Fsp3) is 0.154. The van der Waals surface area contributed by atoms with Crippen molar-refractivity contribution in [3.8, 4) is 0 Å². The van der Waals surface area contributed by atoms with Gasteiger partial charge in [0.1, 0.15) is 0 Å². The lowest BCUT2D eigenvalue weighted by Crippen LogP contribution is -2.28. The van der Waals surface area contributed by atoms with Crippen molar-refractivity contribution in [2.24, 2.45) is 4.99 Å². The number of benzene rings is 1. The average Bonchev–Trinajstić information content (AvgIpc) is 2.37. The van der Waals surface area contributed by atoms with Crippen LogP contribution in [0.2, 0.25) is 5.02 Å². The van der Waals surface area contributed by atoms with E-state index in [9.17, 15) is 9.59 Å². The van der Waals surface area contributed by atoms with Crippen LogP contribution in [0.15, 0.2) is 41.0 Å². The average molecular weight is 280 g/mol. The first-order valence-corrected chi connectivity index (χ1v) is 5.83. The molecule has 0 amide bonds. The Morgan fingerprint density at radius 3 is 2.89 bits per heavy atom. The van der Waals surface area contributed by atoms with Gasteiger partial charge in [-0.2, -0.15) is 0 Å². The first-order valence-electron chi connectivity index (χ1n) is 5.45. The number of aliphatic carboxylic acids is 1. The summed E-state index contributed by atoms with van der Waals surface area (Å²) >= 11 is 5.83. The van der Waals surface area contributed by atoms with Crippen molar-refractivity contribution in [2.75, 3.05) is 0 Å². The van der Waals surface area contributed by atoms with Gasteiger partial charge < -0.3 is 9.84 Å². The van der Waals surface area contributed by atoms with Gasteiger partial charge in [-0.1, -0.05) is 23.7 Å². The lowest BCUT2D eigenvalue weighted by molar-refractivity contribution is -0.133. The van der Waals surface area contributed by atoms with Crippen molar-refractivity contribution in [1.29, 1.82) is 0 Å². The number of carbonyl (C=O) groups is 2. The molecule has 0 aliphatic carbocycles. The summed E-state index contributed by atoms with van der Waals surface area (Å²) in [6.45, 7) is 0.194. The fourth-order valence-electron chi connectivity index (χ4n) is 1.53. The maximum absolute atomic E-state index is 11.6. The summed E-state index contributed by atoms with van der Waals surface area (Å²) in [7, 11) is 0. The molecule has 0 saturated carbocycles. The number of carbonyl (C=O) groups excluding carboxylic acids is 1. The molecule has 1 aromatic carbocycles. The smallest absolute Gasteiger partial charge is 0.354 e. The molecule has 0 aromatic heterocycles. The van der Waals surface area contributed by atoms with Crippen molar-refractivity contribution in [2.45, 2.75) is 12.7 Å². The minimum Gasteiger partial charge on any atom is -0.477 e. The zero-order valence-corrected chi connectivity index (χ0v) is 10.5. The van der Waals surface area contributed by atoms with Crippen LogP contribution in [0.25, 0.3) is 0 Å². The van der Waals surface area contributed by atoms with Gasteiger partial charge >= 0.3 is 5.97 Å². The van der Waals surface area contributed by atoms with E-state index in [4.69, 9.17) is 21.4 Å². The zero-order chi connectivity index (χ0) is 13.8. The molecule has 0 bridgehead atoms. The Morgan fingerprint density at radius 2 is 2.26 bits per heavy atom. The van der Waals surface area contributed by atoms with Gasteiger partial charge in [-0.3, -0.25) is 9.79 Å². The first kappa shape index (κ1) is 13.5. The van der Waals surface area contributed by atoms with E-state index >= 15 is 0 Å². The highest BCUT2D eigenvalue weighted by molar-refractivity contribution is 6.30. The molecule has 6 heteroatoms. The van der Waals surface area contributed by atoms with Crippen LogP contribution in [0.1, 0.15) is 5.56 Å². The molecule has 0 spiro atoms. The second kappa shape index (κ2) is 5.77. The Labute approximate surface area is 114 Å². The predicted octanol–water partition coefficient (Wildman–Crippen LogP) is 1.85. The maximum atomic E-state index is 11.6. The predicted molar refractivity (Wildman–Crippen MR) is 69.2 cm³/mol. The molecule has 1 atom stereocenters. The fourth-order valence-corrected chi connectivity index (χ4v) is 1.74. The molecule has 1 heterocycles. The quantitative estimate of drug-likeness (QED) is 0.912. The van der Waals surface area contributed by atoms with Crippen LogP contribution in [0, 0.1) is 0 Å². The lowest BCUT2D eigenvalue weighted by atomic mass is 10.1. The molecular weight excluding hydrogens is 270 g/mol. The number of carboxylic acids is 1. The Hall–Kier alpha value is -1.98. The van der Waals surface area contributed by atoms with Gasteiger partial charge in [0.05, 0.1) is 6.61 Å². The van der Waals surface area contributed by atoms with Gasteiger partial charge in [0, 0.05) is 17.3 Å². The second-order valence-corrected chi connectivity index (χ2v) is 4.31. The van der Waals surface area contributed by atoms with E-state index < -0.39 is 17.9 Å². The van der Waals surface area contributed by atoms with E-state index in [0.29, 0.717) is 5.02 Å². The van der Waals surface area contributed by atoms with Gasteiger partial charge in [-0.25, -0.2) is 4.79 Å². The van der Waals surface area contributed by atoms with Crippen LogP contribution in [0.3, 0.4) is 0 Å². The molecule has 1 unspecified atom stereocenters. The molecule has 0 fully saturated rings. The van der Waals surface area contributed by atoms with E-state index in [2.05, 4.69) is 4.99 Å². The Morgan fingerprint density at radius 1 is 1.47 bits per heavy atom. The van der Waals surface area contributed by atoms with Crippen LogP contribution in [0.5, 0.6) is 0 Å². The Kier molecular flexibility index (Phi) is 4.09. The normalized spacial score (nSPS) is 18.3. The van der Waals surface area contributed by atoms with E-state index in [0.717, 1.165) is 11.6 Å². The molecule has 0 saturated heterocycles. The summed E-state index contributed by atoms with van der Waals surface area (Å²) in [6.07, 6.45) is 1.29. The molecule has 0 radical (unpaired) electrons. The summed E-state index contributed by atoms with van der Waals surface area (Å²) in [5, 5.41) is 9.27. The van der Waals surface area contributed by atoms with Crippen molar-refractivity contribution in [3.63, 3.8) is 0 Å². The van der Waals surface area contributed by atoms with Gasteiger partial charge in [-0.05, 0) is 17.7 Å². The molecule has 19 heavy (non-hydrogen) atoms. The Bertz CT molecular complexity index is 580. The summed E-state index contributed by atoms with van der Waals surface area (Å²) in [4.78, 5) is 25.9. The van der Waals surface area contributed by atoms with Crippen molar-refractivity contribution < 1.29 is 19.4 Å². The van der Waals surface area contributed by atoms with Crippen LogP contribution >= 0.6 is 11.6 Å². The van der Waals surface area contributed by atoms with E-state index in [1.807, 2.05) is 6.07 Å². The third-order valence-electron chi connectivity index (χ3n) is 2.45. The highest BCUT2D eigenvalue weighted by Crippen LogP contribution is 2.13. The van der Waals surface area contributed by atoms with E-state index in [-0.39, 0.29) is 12.3 Å². The lowest BCUT2D eigenvalue weighted by Gasteiger charge is -2.14. The van der Waals surface area contributed by atoms with Gasteiger partial charge in [0.2, 0.25) is 0 Å². The molecule has 1 aliphatic rings. The molecular formula is C13H10ClNO4. The number of nitrogens with zero attached hydrogens (tertiary/aromatic N) is 1. The van der Waals surface area contributed by atoms with Gasteiger partial charge in [0.15, 0.2) is 17.6 Å². The van der Waals surface area contributed by atoms with Crippen LogP contribution in [0.4, 0.5) is 0 Å². The standard InChI is InChI=1S/C13H10ClNO4/c14-9-3-1-2-8(4-9)7-19-12-6-15-10(13(17)18)5-11(12)16/h1-6,12H,7H2,(H,17,18). The highest BCUT2D eigenvalue weighted by atomic mass is 35.5. The number of carboxylic acid groups (broad SMARTS) is 1. The van der Waals surface area contributed by atoms with Gasteiger partial charge in [0.25, 0.3) is 0 Å². The van der Waals surface area contributed by atoms with Crippen molar-refractivity contribution in [3.05, 3.63) is 46.6 Å². The maximum Gasteiger partial charge on any atom is 0.354 e. The third kappa shape index (κ3) is 3.49. The number of aliphatic imine (C=N–C) groups is 1. The molecule has 1 aromatic rings. The van der Waals surface area contributed by atoms with Crippen LogP contribution in [-0.4, -0.2) is 29.2 Å². The summed E-state index contributed by atoms with van der Waals surface area (Å²) in [5.74, 6) is -1.67. The number of hydrogen-bond acceptors (Lipinski definition) is 4. The minimum absolute atomic E-state index is 0.194. The third-order valence-corrected chi connectivity index (χ3v) is 2.68. The van der Waals surface area contributed by atoms with Crippen LogP contribution in [-0.2, 0) is 20.9 Å². The molecule has 1 aliphatic heterocycles. The number of halogens is 1.